The van der Waals surface area contributed by atoms with Gasteiger partial charge in [-0.15, -0.1) is 0 Å². The molecule has 0 aromatic heterocycles. The van der Waals surface area contributed by atoms with Gasteiger partial charge in [0.15, 0.2) is 0 Å². The topological polar surface area (TPSA) is 565 Å². The van der Waals surface area contributed by atoms with Crippen molar-refractivity contribution >= 4 is 75.4 Å². The molecule has 0 aliphatic carbocycles. The molecule has 1 aromatic carbocycles. The van der Waals surface area contributed by atoms with Gasteiger partial charge in [-0.3, -0.25) is 61.8 Å². The number of nitrogens with one attached hydrogen (secondary N) is 11. The molecule has 1 aliphatic rings. The minimum absolute atomic E-state index is 0.0173. The molecule has 1 saturated heterocycles. The van der Waals surface area contributed by atoms with Crippen LogP contribution in [-0.2, 0) is 69.6 Å². The lowest BCUT2D eigenvalue weighted by Gasteiger charge is -2.29. The van der Waals surface area contributed by atoms with Gasteiger partial charge in [0.25, 0.3) is 0 Å². The average Bonchev–Trinajstić information content (AvgIpc) is 1.33. The van der Waals surface area contributed by atoms with Gasteiger partial charge >= 0.3 is 10.4 Å². The number of rotatable bonds is 29. The molecular formula is C56H100N16O17S. The maximum Gasteiger partial charge on any atom is 0.394 e. The molecular weight excluding hydrogens is 1200 g/mol. The molecule has 1 fully saturated rings. The van der Waals surface area contributed by atoms with Crippen molar-refractivity contribution in [3.8, 4) is 0 Å². The van der Waals surface area contributed by atoms with Gasteiger partial charge in [0.2, 0.25) is 65.0 Å². The van der Waals surface area contributed by atoms with Crippen molar-refractivity contribution in [1.29, 1.82) is 0 Å². The first-order valence-electron chi connectivity index (χ1n) is 30.2. The molecule has 512 valence electrons. The summed E-state index contributed by atoms with van der Waals surface area (Å²) >= 11 is 0. The SMILES string of the molecule is CCC(C)CCCCC(=O)N[C@@H](CCN)C(=O)N[C@H](C(=O)N[C@@H](CCN)C(=O)NC1CCNC(=O)[C@H]([C@@H](C)O)NC(=O)[C@H](CCN)NC(=O)C(CCN)NC(=O)C(CC(C)C)NC(=O)C(Cc2ccccc2)NC(=O)[C@@H](CCN)NC1=O)[C@@H](C)O.O=S(=O)(O)O. The van der Waals surface area contributed by atoms with E-state index in [0.717, 1.165) is 19.3 Å². The second-order valence-electron chi connectivity index (χ2n) is 22.5. The number of hydrogen-bond acceptors (Lipinski definition) is 20. The number of amides is 11. The van der Waals surface area contributed by atoms with Gasteiger partial charge in [-0.25, -0.2) is 0 Å². The van der Waals surface area contributed by atoms with Crippen molar-refractivity contribution in [2.24, 2.45) is 40.5 Å². The second-order valence-corrected chi connectivity index (χ2v) is 23.4. The highest BCUT2D eigenvalue weighted by Crippen LogP contribution is 2.14. The zero-order valence-corrected chi connectivity index (χ0v) is 53.1. The number of aliphatic hydroxyl groups excluding tert-OH is 2. The Morgan fingerprint density at radius 2 is 1.04 bits per heavy atom. The van der Waals surface area contributed by atoms with Crippen molar-refractivity contribution in [3.05, 3.63) is 35.9 Å². The van der Waals surface area contributed by atoms with Crippen LogP contribution in [0.4, 0.5) is 0 Å². The molecule has 34 heteroatoms. The van der Waals surface area contributed by atoms with Gasteiger partial charge in [0.1, 0.15) is 60.4 Å². The Hall–Kier alpha value is -7.02. The molecule has 1 heterocycles. The molecule has 11 amide bonds. The van der Waals surface area contributed by atoms with E-state index in [-0.39, 0.29) is 90.0 Å². The first-order chi connectivity index (χ1) is 42.3. The molecule has 90 heavy (non-hydrogen) atoms. The summed E-state index contributed by atoms with van der Waals surface area (Å²) in [6.07, 6.45) is -1.05. The van der Waals surface area contributed by atoms with Crippen LogP contribution in [0.25, 0.3) is 0 Å². The van der Waals surface area contributed by atoms with E-state index in [1.807, 2.05) is 0 Å². The summed E-state index contributed by atoms with van der Waals surface area (Å²) in [5, 5.41) is 49.7. The number of carbonyl (C=O) groups is 11. The van der Waals surface area contributed by atoms with Gasteiger partial charge in [0.05, 0.1) is 12.2 Å². The lowest BCUT2D eigenvalue weighted by Crippen LogP contribution is -2.62. The predicted molar refractivity (Wildman–Crippen MR) is 330 cm³/mol. The van der Waals surface area contributed by atoms with Gasteiger partial charge in [0, 0.05) is 19.4 Å². The molecule has 1 aliphatic heterocycles. The van der Waals surface area contributed by atoms with E-state index in [4.69, 9.17) is 46.2 Å². The van der Waals surface area contributed by atoms with Gasteiger partial charge in [-0.2, -0.15) is 8.42 Å². The monoisotopic (exact) mass is 1300 g/mol. The van der Waals surface area contributed by atoms with E-state index in [2.05, 4.69) is 72.3 Å². The quantitative estimate of drug-likeness (QED) is 0.0262. The summed E-state index contributed by atoms with van der Waals surface area (Å²) in [5.74, 6) is -9.45. The van der Waals surface area contributed by atoms with E-state index < -0.39 is 161 Å². The molecule has 25 N–H and O–H groups in total. The zero-order chi connectivity index (χ0) is 68.3. The minimum atomic E-state index is -4.67. The summed E-state index contributed by atoms with van der Waals surface area (Å²) in [6, 6.07) is -6.23. The van der Waals surface area contributed by atoms with Crippen LogP contribution in [0.5, 0.6) is 0 Å². The van der Waals surface area contributed by atoms with Crippen LogP contribution in [0, 0.1) is 11.8 Å². The summed E-state index contributed by atoms with van der Waals surface area (Å²) < 4.78 is 31.6. The molecule has 33 nitrogen and oxygen atoms in total. The fourth-order valence-corrected chi connectivity index (χ4v) is 9.12. The van der Waals surface area contributed by atoms with E-state index in [1.165, 1.54) is 13.8 Å². The van der Waals surface area contributed by atoms with E-state index in [1.54, 1.807) is 44.2 Å². The highest BCUT2D eigenvalue weighted by Gasteiger charge is 2.37. The maximum atomic E-state index is 14.5. The highest BCUT2D eigenvalue weighted by atomic mass is 32.3. The van der Waals surface area contributed by atoms with Crippen molar-refractivity contribution in [1.82, 2.24) is 58.5 Å². The number of hydrogen-bond donors (Lipinski definition) is 20. The van der Waals surface area contributed by atoms with E-state index >= 15 is 0 Å². The Morgan fingerprint density at radius 3 is 1.52 bits per heavy atom. The number of carbonyl (C=O) groups excluding carboxylic acids is 11. The van der Waals surface area contributed by atoms with E-state index in [0.29, 0.717) is 17.9 Å². The molecule has 0 bridgehead atoms. The Morgan fingerprint density at radius 1 is 0.578 bits per heavy atom. The first-order valence-corrected chi connectivity index (χ1v) is 31.6. The van der Waals surface area contributed by atoms with Crippen molar-refractivity contribution in [2.45, 2.75) is 198 Å². The number of benzene rings is 1. The third-order valence-corrected chi connectivity index (χ3v) is 14.3. The summed E-state index contributed by atoms with van der Waals surface area (Å²) in [7, 11) is -4.67. The van der Waals surface area contributed by atoms with Gasteiger partial charge in [-0.05, 0) is 115 Å². The fraction of sp³-hybridized carbons (Fsp3) is 0.696. The third kappa shape index (κ3) is 32.1. The number of aliphatic hydroxyl groups is 2. The Kier molecular flexibility index (Phi) is 38.6. The Labute approximate surface area is 525 Å². The van der Waals surface area contributed by atoms with E-state index in [9.17, 15) is 63.0 Å². The van der Waals surface area contributed by atoms with Crippen LogP contribution in [-0.4, -0.2) is 205 Å². The van der Waals surface area contributed by atoms with Crippen LogP contribution in [0.1, 0.15) is 124 Å². The lowest BCUT2D eigenvalue weighted by molar-refractivity contribution is -0.137. The van der Waals surface area contributed by atoms with Crippen molar-refractivity contribution in [2.75, 3.05) is 39.3 Å². The lowest BCUT2D eigenvalue weighted by atomic mass is 10.00. The first kappa shape index (κ1) is 81.0. The van der Waals surface area contributed by atoms with Crippen molar-refractivity contribution in [3.63, 3.8) is 0 Å². The predicted octanol–water partition coefficient (Wildman–Crippen LogP) is -5.90. The van der Waals surface area contributed by atoms with Crippen LogP contribution in [0.2, 0.25) is 0 Å². The fourth-order valence-electron chi connectivity index (χ4n) is 9.12. The summed E-state index contributed by atoms with van der Waals surface area (Å²) in [6.45, 7) is 9.00. The smallest absolute Gasteiger partial charge is 0.391 e. The molecule has 2 rings (SSSR count). The molecule has 1 aromatic rings. The number of unbranched alkanes of at least 4 members (excludes halogenated alkanes) is 1. The second kappa shape index (κ2) is 42.9. The average molecular weight is 1300 g/mol. The summed E-state index contributed by atoms with van der Waals surface area (Å²) in [4.78, 5) is 154. The largest absolute Gasteiger partial charge is 0.394 e. The molecule has 5 unspecified atom stereocenters. The standard InChI is InChI=1S/C56H98N16O13.H2O4S/c1-7-32(4)13-11-12-16-44(75)63-36(17-23-57)51(80)72-46(34(6)74)56(85)68-39(20-26-60)48(77)67-41-22-28-62-55(84)45(33(5)73)71-52(81)40(21-27-61)65-47(76)37(18-24-58)66-53(82)42(29-31(2)3)69-54(83)43(30-35-14-9-8-10-15-35)70-49(78)38(19-25-59)64-50(41)79;1-5(2,3)4/h8-10,14-15,31-34,36-43,45-46,73-74H,7,11-13,16-30,57-61H2,1-6H3,(H,62,84)(H,63,75)(H,64,79)(H,65,76)(H,66,82)(H,67,77)(H,68,85)(H,69,83)(H,70,78)(H,71,81)(H,72,80);(H2,1,2,3,4)/t32?,33-,34-,36+,37?,38-,39+,40+,41?,42?,43?,45+,46+;/m1./s1. The van der Waals surface area contributed by atoms with Crippen LogP contribution >= 0.6 is 0 Å². The van der Waals surface area contributed by atoms with Crippen molar-refractivity contribution < 1.29 is 80.5 Å². The highest BCUT2D eigenvalue weighted by molar-refractivity contribution is 7.79. The van der Waals surface area contributed by atoms with Crippen LogP contribution in [0.15, 0.2) is 30.3 Å². The zero-order valence-electron chi connectivity index (χ0n) is 52.3. The molecule has 13 atom stereocenters. The summed E-state index contributed by atoms with van der Waals surface area (Å²) in [5.41, 5.74) is 29.9. The van der Waals surface area contributed by atoms with Gasteiger partial charge < -0.3 is 97.4 Å². The molecule has 0 spiro atoms. The van der Waals surface area contributed by atoms with Crippen LogP contribution < -0.4 is 87.2 Å². The molecule has 0 radical (unpaired) electrons. The Bertz CT molecular complexity index is 2560. The Balaban J connectivity index is 0.00000776. The third-order valence-electron chi connectivity index (χ3n) is 14.3. The molecule has 0 saturated carbocycles. The normalized spacial score (nSPS) is 22.3. The van der Waals surface area contributed by atoms with Gasteiger partial charge in [-0.1, -0.05) is 77.3 Å². The minimum Gasteiger partial charge on any atom is -0.391 e. The van der Waals surface area contributed by atoms with Crippen LogP contribution in [0.3, 0.4) is 0 Å². The maximum absolute atomic E-state index is 14.5. The number of nitrogens with two attached hydrogens (primary N) is 5.